The van der Waals surface area contributed by atoms with Gasteiger partial charge >= 0.3 is 0 Å². The first-order valence-electron chi connectivity index (χ1n) is 7.42. The van der Waals surface area contributed by atoms with Crippen molar-refractivity contribution < 1.29 is 14.5 Å². The summed E-state index contributed by atoms with van der Waals surface area (Å²) in [6.45, 7) is 3.11. The number of thiazole rings is 1. The third-order valence-corrected chi connectivity index (χ3v) is 4.35. The number of nitro benzene ring substituents is 1. The van der Waals surface area contributed by atoms with Crippen LogP contribution in [0.5, 0.6) is 0 Å². The van der Waals surface area contributed by atoms with E-state index in [-0.39, 0.29) is 11.6 Å². The van der Waals surface area contributed by atoms with E-state index in [0.717, 1.165) is 18.7 Å². The largest absolute Gasteiger partial charge is 0.379 e. The number of hydrogen-bond donors (Lipinski definition) is 1. The Kier molecular flexibility index (Phi) is 5.14. The number of nitrogens with zero attached hydrogens (tertiary/aromatic N) is 3. The fourth-order valence-electron chi connectivity index (χ4n) is 2.34. The molecule has 1 aromatic heterocycles. The number of ether oxygens (including phenoxy) is 1. The second-order valence-electron chi connectivity index (χ2n) is 5.28. The average Bonchev–Trinajstić information content (AvgIpc) is 3.04. The zero-order valence-electron chi connectivity index (χ0n) is 12.8. The van der Waals surface area contributed by atoms with Crippen molar-refractivity contribution in [2.75, 3.05) is 38.2 Å². The van der Waals surface area contributed by atoms with Crippen LogP contribution in [0.15, 0.2) is 29.6 Å². The second-order valence-corrected chi connectivity index (χ2v) is 6.14. The van der Waals surface area contributed by atoms with Crippen molar-refractivity contribution in [2.45, 2.75) is 0 Å². The van der Waals surface area contributed by atoms with Crippen LogP contribution in [-0.2, 0) is 9.53 Å². The summed E-state index contributed by atoms with van der Waals surface area (Å²) < 4.78 is 5.25. The molecule has 2 heterocycles. The van der Waals surface area contributed by atoms with Gasteiger partial charge in [0.2, 0.25) is 5.91 Å². The van der Waals surface area contributed by atoms with E-state index in [1.807, 2.05) is 10.3 Å². The lowest BCUT2D eigenvalue weighted by molar-refractivity contribution is -0.384. The minimum absolute atomic E-state index is 0.0352. The van der Waals surface area contributed by atoms with Gasteiger partial charge in [-0.3, -0.25) is 19.8 Å². The molecule has 1 aliphatic rings. The van der Waals surface area contributed by atoms with Crippen LogP contribution in [0.2, 0.25) is 0 Å². The maximum atomic E-state index is 12.0. The van der Waals surface area contributed by atoms with Crippen molar-refractivity contribution in [3.8, 4) is 11.3 Å². The number of carbonyl (C=O) groups excluding carboxylic acids is 1. The van der Waals surface area contributed by atoms with E-state index in [1.54, 1.807) is 12.1 Å². The number of rotatable bonds is 5. The summed E-state index contributed by atoms with van der Waals surface area (Å²) in [4.78, 5) is 28.7. The highest BCUT2D eigenvalue weighted by Gasteiger charge is 2.15. The number of benzene rings is 1. The van der Waals surface area contributed by atoms with E-state index in [0.29, 0.717) is 30.6 Å². The normalized spacial score (nSPS) is 15.2. The average molecular weight is 348 g/mol. The molecule has 0 atom stereocenters. The molecule has 0 bridgehead atoms. The third kappa shape index (κ3) is 4.13. The van der Waals surface area contributed by atoms with Gasteiger partial charge in [0.15, 0.2) is 5.13 Å². The molecule has 0 saturated carbocycles. The highest BCUT2D eigenvalue weighted by molar-refractivity contribution is 7.14. The number of nitro groups is 1. The lowest BCUT2D eigenvalue weighted by atomic mass is 10.1. The Bertz CT molecular complexity index is 725. The number of hydrogen-bond acceptors (Lipinski definition) is 7. The molecule has 1 amide bonds. The van der Waals surface area contributed by atoms with E-state index < -0.39 is 4.92 Å². The molecule has 0 unspecified atom stereocenters. The summed E-state index contributed by atoms with van der Waals surface area (Å²) in [5.41, 5.74) is 1.48. The van der Waals surface area contributed by atoms with Crippen molar-refractivity contribution >= 4 is 28.1 Å². The fraction of sp³-hybridized carbons (Fsp3) is 0.333. The summed E-state index contributed by atoms with van der Waals surface area (Å²) >= 11 is 1.33. The first-order valence-corrected chi connectivity index (χ1v) is 8.30. The molecule has 24 heavy (non-hydrogen) atoms. The van der Waals surface area contributed by atoms with Crippen LogP contribution >= 0.6 is 11.3 Å². The third-order valence-electron chi connectivity index (χ3n) is 3.60. The highest BCUT2D eigenvalue weighted by Crippen LogP contribution is 2.26. The second kappa shape index (κ2) is 7.47. The Hall–Kier alpha value is -2.36. The van der Waals surface area contributed by atoms with Gasteiger partial charge in [-0.05, 0) is 12.1 Å². The van der Waals surface area contributed by atoms with Gasteiger partial charge in [-0.2, -0.15) is 0 Å². The van der Waals surface area contributed by atoms with Gasteiger partial charge in [0, 0.05) is 36.2 Å². The number of morpholine rings is 1. The maximum Gasteiger partial charge on any atom is 0.269 e. The van der Waals surface area contributed by atoms with E-state index in [1.165, 1.54) is 23.5 Å². The topological polar surface area (TPSA) is 97.6 Å². The minimum Gasteiger partial charge on any atom is -0.379 e. The molecule has 1 N–H and O–H groups in total. The van der Waals surface area contributed by atoms with Crippen molar-refractivity contribution in [3.05, 3.63) is 39.8 Å². The van der Waals surface area contributed by atoms with E-state index in [4.69, 9.17) is 4.74 Å². The van der Waals surface area contributed by atoms with E-state index in [2.05, 4.69) is 10.3 Å². The molecule has 0 aliphatic carbocycles. The van der Waals surface area contributed by atoms with Gasteiger partial charge in [0.1, 0.15) is 0 Å². The molecule has 1 aliphatic heterocycles. The number of aromatic nitrogens is 1. The lowest BCUT2D eigenvalue weighted by Crippen LogP contribution is -2.41. The first-order chi connectivity index (χ1) is 11.6. The molecule has 126 valence electrons. The number of carbonyl (C=O) groups is 1. The summed E-state index contributed by atoms with van der Waals surface area (Å²) in [6.07, 6.45) is 0. The summed E-state index contributed by atoms with van der Waals surface area (Å²) in [6, 6.07) is 6.16. The van der Waals surface area contributed by atoms with E-state index >= 15 is 0 Å². The first kappa shape index (κ1) is 16.5. The molecular weight excluding hydrogens is 332 g/mol. The molecule has 1 aromatic carbocycles. The molecule has 9 heteroatoms. The van der Waals surface area contributed by atoms with Crippen LogP contribution in [0.3, 0.4) is 0 Å². The van der Waals surface area contributed by atoms with E-state index in [9.17, 15) is 14.9 Å². The van der Waals surface area contributed by atoms with Crippen LogP contribution in [0, 0.1) is 10.1 Å². The Labute approximate surface area is 142 Å². The Morgan fingerprint density at radius 2 is 2.04 bits per heavy atom. The lowest BCUT2D eigenvalue weighted by Gasteiger charge is -2.25. The molecular formula is C15H16N4O4S. The molecule has 0 radical (unpaired) electrons. The predicted octanol–water partition coefficient (Wildman–Crippen LogP) is 1.99. The van der Waals surface area contributed by atoms with Gasteiger partial charge in [0.25, 0.3) is 5.69 Å². The Balaban J connectivity index is 1.60. The SMILES string of the molecule is O=C(CN1CCOCC1)Nc1nc(-c2ccc([N+](=O)[O-])cc2)cs1. The smallest absolute Gasteiger partial charge is 0.269 e. The fourth-order valence-corrected chi connectivity index (χ4v) is 3.07. The number of amides is 1. The number of anilines is 1. The Morgan fingerprint density at radius 1 is 1.33 bits per heavy atom. The van der Waals surface area contributed by atoms with Crippen molar-refractivity contribution in [1.29, 1.82) is 0 Å². The maximum absolute atomic E-state index is 12.0. The summed E-state index contributed by atoms with van der Waals surface area (Å²) in [5, 5.41) is 15.8. The van der Waals surface area contributed by atoms with Crippen LogP contribution in [0.4, 0.5) is 10.8 Å². The molecule has 1 fully saturated rings. The van der Waals surface area contributed by atoms with Crippen LogP contribution in [0.25, 0.3) is 11.3 Å². The van der Waals surface area contributed by atoms with Gasteiger partial charge in [-0.15, -0.1) is 11.3 Å². The van der Waals surface area contributed by atoms with Gasteiger partial charge in [-0.1, -0.05) is 0 Å². The van der Waals surface area contributed by atoms with Gasteiger partial charge in [0.05, 0.1) is 30.4 Å². The Morgan fingerprint density at radius 3 is 2.71 bits per heavy atom. The van der Waals surface area contributed by atoms with Crippen LogP contribution in [0.1, 0.15) is 0 Å². The number of non-ortho nitro benzene ring substituents is 1. The minimum atomic E-state index is -0.442. The zero-order valence-corrected chi connectivity index (χ0v) is 13.6. The van der Waals surface area contributed by atoms with Crippen LogP contribution in [-0.4, -0.2) is 53.6 Å². The molecule has 1 saturated heterocycles. The number of nitrogens with one attached hydrogen (secondary N) is 1. The van der Waals surface area contributed by atoms with Gasteiger partial charge < -0.3 is 10.1 Å². The standard InChI is InChI=1S/C15H16N4O4S/c20-14(9-18-5-7-23-8-6-18)17-15-16-13(10-24-15)11-1-3-12(4-2-11)19(21)22/h1-4,10H,5-9H2,(H,16,17,20). The van der Waals surface area contributed by atoms with Crippen molar-refractivity contribution in [2.24, 2.45) is 0 Å². The van der Waals surface area contributed by atoms with Crippen molar-refractivity contribution in [1.82, 2.24) is 9.88 Å². The van der Waals surface area contributed by atoms with Gasteiger partial charge in [-0.25, -0.2) is 4.98 Å². The molecule has 8 nitrogen and oxygen atoms in total. The quantitative estimate of drug-likeness (QED) is 0.655. The monoisotopic (exact) mass is 348 g/mol. The highest BCUT2D eigenvalue weighted by atomic mass is 32.1. The van der Waals surface area contributed by atoms with Crippen molar-refractivity contribution in [3.63, 3.8) is 0 Å². The van der Waals surface area contributed by atoms with Crippen LogP contribution < -0.4 is 5.32 Å². The molecule has 2 aromatic rings. The molecule has 3 rings (SSSR count). The molecule has 0 spiro atoms. The zero-order chi connectivity index (χ0) is 16.9. The predicted molar refractivity (Wildman–Crippen MR) is 90.1 cm³/mol. The summed E-state index contributed by atoms with van der Waals surface area (Å²) in [7, 11) is 0. The summed E-state index contributed by atoms with van der Waals surface area (Å²) in [5.74, 6) is -0.110.